The highest BCUT2D eigenvalue weighted by atomic mass is 16.3. The first-order valence-electron chi connectivity index (χ1n) is 6.42. The summed E-state index contributed by atoms with van der Waals surface area (Å²) in [7, 11) is 0. The normalized spacial score (nSPS) is 20.5. The fourth-order valence-electron chi connectivity index (χ4n) is 2.30. The molecule has 1 nitrogen and oxygen atoms in total. The topological polar surface area (TPSA) is 20.2 Å². The summed E-state index contributed by atoms with van der Waals surface area (Å²) in [6.07, 6.45) is 4.73. The number of rotatable bonds is 2. The second-order valence-electron chi connectivity index (χ2n) is 6.05. The maximum Gasteiger partial charge on any atom is 0.0726 e. The van der Waals surface area contributed by atoms with Crippen molar-refractivity contribution in [2.45, 2.75) is 51.6 Å². The van der Waals surface area contributed by atoms with Crippen LogP contribution in [0.15, 0.2) is 35.9 Å². The number of hydrogen-bond donors (Lipinski definition) is 1. The molecule has 1 aromatic carbocycles. The molecule has 0 aromatic heterocycles. The first-order valence-corrected chi connectivity index (χ1v) is 6.42. The lowest BCUT2D eigenvalue weighted by Gasteiger charge is -2.19. The largest absolute Gasteiger partial charge is 0.389 e. The van der Waals surface area contributed by atoms with E-state index in [0.717, 1.165) is 19.3 Å². The first-order chi connectivity index (χ1) is 7.95. The molecule has 0 aliphatic heterocycles. The first kappa shape index (κ1) is 12.4. The molecule has 17 heavy (non-hydrogen) atoms. The zero-order valence-corrected chi connectivity index (χ0v) is 11.0. The highest BCUT2D eigenvalue weighted by Gasteiger charge is 2.15. The van der Waals surface area contributed by atoms with Crippen molar-refractivity contribution < 1.29 is 5.11 Å². The lowest BCUT2D eigenvalue weighted by molar-refractivity contribution is 0.223. The van der Waals surface area contributed by atoms with Gasteiger partial charge in [-0.25, -0.2) is 0 Å². The molecular weight excluding hydrogens is 208 g/mol. The van der Waals surface area contributed by atoms with Crippen molar-refractivity contribution in [3.05, 3.63) is 47.0 Å². The minimum absolute atomic E-state index is 0.209. The number of aliphatic hydroxyl groups is 1. The van der Waals surface area contributed by atoms with E-state index in [1.165, 1.54) is 16.7 Å². The molecule has 0 amide bonds. The number of benzene rings is 1. The predicted molar refractivity (Wildman–Crippen MR) is 72.2 cm³/mol. The minimum atomic E-state index is -0.209. The van der Waals surface area contributed by atoms with Crippen molar-refractivity contribution >= 4 is 0 Å². The van der Waals surface area contributed by atoms with Crippen LogP contribution in [0, 0.1) is 0 Å². The van der Waals surface area contributed by atoms with E-state index in [9.17, 15) is 5.11 Å². The van der Waals surface area contributed by atoms with Crippen molar-refractivity contribution in [2.24, 2.45) is 0 Å². The van der Waals surface area contributed by atoms with Gasteiger partial charge in [0, 0.05) is 0 Å². The molecule has 1 heteroatoms. The van der Waals surface area contributed by atoms with Crippen LogP contribution < -0.4 is 0 Å². The molecule has 1 N–H and O–H groups in total. The fraction of sp³-hybridized carbons (Fsp3) is 0.500. The van der Waals surface area contributed by atoms with E-state index in [2.05, 4.69) is 45.0 Å². The standard InChI is InChI=1S/C16H22O/c1-16(2,3)14-7-4-12(5-8-14)10-13-6-9-15(17)11-13/h4-5,7-8,11,15,17H,6,9-10H2,1-3H3. The molecule has 0 saturated heterocycles. The Balaban J connectivity index is 2.06. The van der Waals surface area contributed by atoms with Gasteiger partial charge in [-0.3, -0.25) is 0 Å². The minimum Gasteiger partial charge on any atom is -0.389 e. The second-order valence-corrected chi connectivity index (χ2v) is 6.05. The summed E-state index contributed by atoms with van der Waals surface area (Å²) in [5, 5.41) is 9.45. The van der Waals surface area contributed by atoms with Gasteiger partial charge in [0.1, 0.15) is 0 Å². The van der Waals surface area contributed by atoms with Gasteiger partial charge in [0.2, 0.25) is 0 Å². The smallest absolute Gasteiger partial charge is 0.0726 e. The molecule has 92 valence electrons. The Labute approximate surface area is 104 Å². The Morgan fingerprint density at radius 3 is 2.29 bits per heavy atom. The molecule has 0 saturated carbocycles. The van der Waals surface area contributed by atoms with Gasteiger partial charge in [0.05, 0.1) is 6.10 Å². The van der Waals surface area contributed by atoms with Crippen LogP contribution in [0.1, 0.15) is 44.7 Å². The highest BCUT2D eigenvalue weighted by Crippen LogP contribution is 2.25. The Morgan fingerprint density at radius 2 is 1.82 bits per heavy atom. The van der Waals surface area contributed by atoms with E-state index in [-0.39, 0.29) is 11.5 Å². The van der Waals surface area contributed by atoms with Crippen molar-refractivity contribution in [2.75, 3.05) is 0 Å². The summed E-state index contributed by atoms with van der Waals surface area (Å²) in [4.78, 5) is 0. The Kier molecular flexibility index (Phi) is 3.39. The fourth-order valence-corrected chi connectivity index (χ4v) is 2.30. The van der Waals surface area contributed by atoms with Crippen LogP contribution in [0.25, 0.3) is 0 Å². The van der Waals surface area contributed by atoms with Gasteiger partial charge < -0.3 is 5.11 Å². The Hall–Kier alpha value is -1.08. The molecule has 1 aromatic rings. The monoisotopic (exact) mass is 230 g/mol. The van der Waals surface area contributed by atoms with Crippen LogP contribution in [0.2, 0.25) is 0 Å². The number of allylic oxidation sites excluding steroid dienone is 1. The van der Waals surface area contributed by atoms with Gasteiger partial charge in [-0.05, 0) is 35.8 Å². The van der Waals surface area contributed by atoms with Gasteiger partial charge >= 0.3 is 0 Å². The molecule has 1 unspecified atom stereocenters. The molecule has 0 radical (unpaired) electrons. The van der Waals surface area contributed by atoms with Gasteiger partial charge in [0.25, 0.3) is 0 Å². The third-order valence-corrected chi connectivity index (χ3v) is 3.44. The third-order valence-electron chi connectivity index (χ3n) is 3.44. The molecule has 2 rings (SSSR count). The van der Waals surface area contributed by atoms with Crippen LogP contribution in [-0.4, -0.2) is 11.2 Å². The van der Waals surface area contributed by atoms with E-state index in [4.69, 9.17) is 0 Å². The Bertz CT molecular complexity index is 406. The zero-order chi connectivity index (χ0) is 12.5. The van der Waals surface area contributed by atoms with Crippen LogP contribution in [-0.2, 0) is 11.8 Å². The van der Waals surface area contributed by atoms with E-state index in [1.807, 2.05) is 6.08 Å². The SMILES string of the molecule is CC(C)(C)c1ccc(CC2=CC(O)CC2)cc1. The number of aliphatic hydroxyl groups excluding tert-OH is 1. The van der Waals surface area contributed by atoms with Gasteiger partial charge in [0.15, 0.2) is 0 Å². The summed E-state index contributed by atoms with van der Waals surface area (Å²) in [5.74, 6) is 0. The molecule has 0 bridgehead atoms. The molecule has 1 atom stereocenters. The van der Waals surface area contributed by atoms with Crippen LogP contribution >= 0.6 is 0 Å². The van der Waals surface area contributed by atoms with Crippen molar-refractivity contribution in [3.63, 3.8) is 0 Å². The molecule has 1 aliphatic carbocycles. The molecule has 0 spiro atoms. The molecule has 1 aliphatic rings. The maximum absolute atomic E-state index is 9.45. The molecule has 0 heterocycles. The lowest BCUT2D eigenvalue weighted by Crippen LogP contribution is -2.10. The van der Waals surface area contributed by atoms with Crippen LogP contribution in [0.4, 0.5) is 0 Å². The summed E-state index contributed by atoms with van der Waals surface area (Å²) in [5.41, 5.74) is 4.32. The van der Waals surface area contributed by atoms with Gasteiger partial charge in [-0.15, -0.1) is 0 Å². The van der Waals surface area contributed by atoms with Crippen molar-refractivity contribution in [1.29, 1.82) is 0 Å². The summed E-state index contributed by atoms with van der Waals surface area (Å²) in [6, 6.07) is 8.88. The van der Waals surface area contributed by atoms with E-state index >= 15 is 0 Å². The van der Waals surface area contributed by atoms with E-state index in [0.29, 0.717) is 0 Å². The maximum atomic E-state index is 9.45. The third kappa shape index (κ3) is 3.19. The van der Waals surface area contributed by atoms with Crippen molar-refractivity contribution in [1.82, 2.24) is 0 Å². The number of hydrogen-bond acceptors (Lipinski definition) is 1. The summed E-state index contributed by atoms with van der Waals surface area (Å²) in [6.45, 7) is 6.70. The van der Waals surface area contributed by atoms with Crippen LogP contribution in [0.3, 0.4) is 0 Å². The van der Waals surface area contributed by atoms with Crippen LogP contribution in [0.5, 0.6) is 0 Å². The highest BCUT2D eigenvalue weighted by molar-refractivity contribution is 5.30. The second kappa shape index (κ2) is 4.66. The predicted octanol–water partition coefficient (Wildman–Crippen LogP) is 3.61. The van der Waals surface area contributed by atoms with Gasteiger partial charge in [-0.2, -0.15) is 0 Å². The van der Waals surface area contributed by atoms with Gasteiger partial charge in [-0.1, -0.05) is 56.7 Å². The lowest BCUT2D eigenvalue weighted by atomic mass is 9.86. The summed E-state index contributed by atoms with van der Waals surface area (Å²) >= 11 is 0. The zero-order valence-electron chi connectivity index (χ0n) is 11.0. The molecule has 0 fully saturated rings. The van der Waals surface area contributed by atoms with E-state index in [1.54, 1.807) is 0 Å². The quantitative estimate of drug-likeness (QED) is 0.770. The average Bonchev–Trinajstić information content (AvgIpc) is 2.63. The molecular formula is C16H22O. The Morgan fingerprint density at radius 1 is 1.18 bits per heavy atom. The average molecular weight is 230 g/mol. The summed E-state index contributed by atoms with van der Waals surface area (Å²) < 4.78 is 0. The van der Waals surface area contributed by atoms with E-state index < -0.39 is 0 Å². The van der Waals surface area contributed by atoms with Crippen molar-refractivity contribution in [3.8, 4) is 0 Å².